The van der Waals surface area contributed by atoms with Crippen molar-refractivity contribution >= 4 is 22.2 Å². The normalized spacial score (nSPS) is 14.5. The fourth-order valence-electron chi connectivity index (χ4n) is 3.51. The summed E-state index contributed by atoms with van der Waals surface area (Å²) in [6.07, 6.45) is 8.27. The van der Waals surface area contributed by atoms with E-state index >= 15 is 0 Å². The van der Waals surface area contributed by atoms with E-state index in [1.54, 1.807) is 7.11 Å². The quantitative estimate of drug-likeness (QED) is 0.739. The first-order chi connectivity index (χ1) is 10.8. The van der Waals surface area contributed by atoms with E-state index in [1.807, 2.05) is 0 Å². The number of nitrogens with zero attached hydrogens (tertiary/aromatic N) is 3. The summed E-state index contributed by atoms with van der Waals surface area (Å²) in [6.45, 7) is 2.19. The molecule has 0 atom stereocenters. The van der Waals surface area contributed by atoms with Crippen molar-refractivity contribution in [3.63, 3.8) is 0 Å². The number of pyridine rings is 1. The van der Waals surface area contributed by atoms with Gasteiger partial charge in [-0.05, 0) is 43.2 Å². The lowest BCUT2D eigenvalue weighted by atomic mass is 9.88. The molecule has 0 saturated heterocycles. The highest BCUT2D eigenvalue weighted by molar-refractivity contribution is 6.04. The van der Waals surface area contributed by atoms with Crippen molar-refractivity contribution in [1.82, 2.24) is 15.0 Å². The SMILES string of the molecule is CCCc1nc2oc3c(OC)ncnc3c2c2c1CCCC2. The molecule has 4 rings (SSSR count). The van der Waals surface area contributed by atoms with Gasteiger partial charge in [0.15, 0.2) is 0 Å². The van der Waals surface area contributed by atoms with E-state index in [9.17, 15) is 0 Å². The maximum atomic E-state index is 5.97. The molecule has 0 saturated carbocycles. The number of aromatic nitrogens is 3. The first kappa shape index (κ1) is 13.5. The van der Waals surface area contributed by atoms with Gasteiger partial charge in [0.1, 0.15) is 11.8 Å². The van der Waals surface area contributed by atoms with Gasteiger partial charge >= 0.3 is 0 Å². The van der Waals surface area contributed by atoms with Gasteiger partial charge < -0.3 is 9.15 Å². The van der Waals surface area contributed by atoms with Crippen LogP contribution in [0, 0.1) is 0 Å². The first-order valence-corrected chi connectivity index (χ1v) is 7.95. The van der Waals surface area contributed by atoms with Crippen LogP contribution in [0.3, 0.4) is 0 Å². The summed E-state index contributed by atoms with van der Waals surface area (Å²) >= 11 is 0. The Morgan fingerprint density at radius 3 is 2.77 bits per heavy atom. The van der Waals surface area contributed by atoms with Crippen molar-refractivity contribution in [3.8, 4) is 5.88 Å². The number of methoxy groups -OCH3 is 1. The number of fused-ring (bicyclic) bond motifs is 5. The van der Waals surface area contributed by atoms with Gasteiger partial charge in [0.25, 0.3) is 5.88 Å². The standard InChI is InChI=1S/C17H19N3O2/c1-3-6-12-10-7-4-5-8-11(10)13-14-15(22-16(13)20-12)17(21-2)19-9-18-14/h9H,3-8H2,1-2H3. The zero-order valence-electron chi connectivity index (χ0n) is 13.0. The number of furan rings is 1. The monoisotopic (exact) mass is 297 g/mol. The number of rotatable bonds is 3. The summed E-state index contributed by atoms with van der Waals surface area (Å²) in [5.74, 6) is 0.476. The topological polar surface area (TPSA) is 61.0 Å². The fraction of sp³-hybridized carbons (Fsp3) is 0.471. The van der Waals surface area contributed by atoms with Crippen LogP contribution in [0.25, 0.3) is 22.2 Å². The second-order valence-corrected chi connectivity index (χ2v) is 5.82. The molecular weight excluding hydrogens is 278 g/mol. The summed E-state index contributed by atoms with van der Waals surface area (Å²) in [7, 11) is 1.60. The molecule has 1 aliphatic rings. The van der Waals surface area contributed by atoms with E-state index in [1.165, 1.54) is 36.0 Å². The Morgan fingerprint density at radius 1 is 1.18 bits per heavy atom. The lowest BCUT2D eigenvalue weighted by Crippen LogP contribution is -2.09. The van der Waals surface area contributed by atoms with Crippen molar-refractivity contribution in [2.75, 3.05) is 7.11 Å². The fourth-order valence-corrected chi connectivity index (χ4v) is 3.51. The molecule has 1 aliphatic carbocycles. The van der Waals surface area contributed by atoms with E-state index in [0.717, 1.165) is 36.6 Å². The van der Waals surface area contributed by atoms with Crippen LogP contribution in [0.5, 0.6) is 5.88 Å². The Labute approximate surface area is 128 Å². The van der Waals surface area contributed by atoms with Crippen LogP contribution in [0.15, 0.2) is 10.7 Å². The highest BCUT2D eigenvalue weighted by Crippen LogP contribution is 2.37. The van der Waals surface area contributed by atoms with E-state index in [4.69, 9.17) is 14.1 Å². The summed E-state index contributed by atoms with van der Waals surface area (Å²) in [5.41, 5.74) is 6.10. The number of hydrogen-bond donors (Lipinski definition) is 0. The van der Waals surface area contributed by atoms with Crippen LogP contribution in [0.1, 0.15) is 43.0 Å². The van der Waals surface area contributed by atoms with E-state index < -0.39 is 0 Å². The van der Waals surface area contributed by atoms with Gasteiger partial charge in [-0.15, -0.1) is 0 Å². The second-order valence-electron chi connectivity index (χ2n) is 5.82. The van der Waals surface area contributed by atoms with E-state index in [2.05, 4.69) is 16.9 Å². The molecule has 5 heteroatoms. The van der Waals surface area contributed by atoms with Crippen molar-refractivity contribution in [3.05, 3.63) is 23.1 Å². The maximum absolute atomic E-state index is 5.97. The zero-order valence-corrected chi connectivity index (χ0v) is 13.0. The molecule has 5 nitrogen and oxygen atoms in total. The van der Waals surface area contributed by atoms with Crippen LogP contribution in [0.2, 0.25) is 0 Å². The Balaban J connectivity index is 2.10. The maximum Gasteiger partial charge on any atom is 0.261 e. The largest absolute Gasteiger partial charge is 0.478 e. The summed E-state index contributed by atoms with van der Waals surface area (Å²) < 4.78 is 11.3. The minimum absolute atomic E-state index is 0.476. The van der Waals surface area contributed by atoms with Crippen LogP contribution in [-0.4, -0.2) is 22.1 Å². The van der Waals surface area contributed by atoms with Crippen LogP contribution < -0.4 is 4.74 Å². The van der Waals surface area contributed by atoms with Crippen molar-refractivity contribution in [1.29, 1.82) is 0 Å². The molecule has 0 bridgehead atoms. The van der Waals surface area contributed by atoms with E-state index in [0.29, 0.717) is 17.2 Å². The third-order valence-electron chi connectivity index (χ3n) is 4.46. The minimum atomic E-state index is 0.476. The second kappa shape index (κ2) is 5.23. The summed E-state index contributed by atoms with van der Waals surface area (Å²) in [4.78, 5) is 13.4. The van der Waals surface area contributed by atoms with Crippen molar-refractivity contribution in [2.24, 2.45) is 0 Å². The third kappa shape index (κ3) is 1.88. The lowest BCUT2D eigenvalue weighted by molar-refractivity contribution is 0.394. The Kier molecular flexibility index (Phi) is 3.21. The molecule has 3 aromatic rings. The highest BCUT2D eigenvalue weighted by Gasteiger charge is 2.24. The Hall–Kier alpha value is -2.17. The zero-order chi connectivity index (χ0) is 15.1. The first-order valence-electron chi connectivity index (χ1n) is 7.95. The van der Waals surface area contributed by atoms with Gasteiger partial charge in [-0.25, -0.2) is 9.97 Å². The average Bonchev–Trinajstić information content (AvgIpc) is 2.93. The molecular formula is C17H19N3O2. The third-order valence-corrected chi connectivity index (χ3v) is 4.46. The number of hydrogen-bond acceptors (Lipinski definition) is 5. The summed E-state index contributed by atoms with van der Waals surface area (Å²) in [6, 6.07) is 0. The predicted molar refractivity (Wildman–Crippen MR) is 84.3 cm³/mol. The smallest absolute Gasteiger partial charge is 0.261 e. The predicted octanol–water partition coefficient (Wildman–Crippen LogP) is 3.61. The average molecular weight is 297 g/mol. The summed E-state index contributed by atoms with van der Waals surface area (Å²) in [5, 5.41) is 1.06. The van der Waals surface area contributed by atoms with E-state index in [-0.39, 0.29) is 0 Å². The Bertz CT molecular complexity index is 854. The van der Waals surface area contributed by atoms with Crippen LogP contribution in [0.4, 0.5) is 0 Å². The molecule has 0 spiro atoms. The molecule has 0 aliphatic heterocycles. The molecule has 3 aromatic heterocycles. The van der Waals surface area contributed by atoms with Crippen molar-refractivity contribution in [2.45, 2.75) is 45.4 Å². The molecule has 0 aromatic carbocycles. The van der Waals surface area contributed by atoms with Crippen LogP contribution in [-0.2, 0) is 19.3 Å². The van der Waals surface area contributed by atoms with Gasteiger partial charge in [-0.2, -0.15) is 4.98 Å². The number of ether oxygens (including phenoxy) is 1. The van der Waals surface area contributed by atoms with Crippen molar-refractivity contribution < 1.29 is 9.15 Å². The molecule has 0 N–H and O–H groups in total. The highest BCUT2D eigenvalue weighted by atomic mass is 16.5. The molecule has 0 radical (unpaired) electrons. The van der Waals surface area contributed by atoms with Gasteiger partial charge in [0, 0.05) is 5.69 Å². The Morgan fingerprint density at radius 2 is 2.00 bits per heavy atom. The van der Waals surface area contributed by atoms with Crippen LogP contribution >= 0.6 is 0 Å². The molecule has 0 amide bonds. The molecule has 0 fully saturated rings. The molecule has 22 heavy (non-hydrogen) atoms. The molecule has 0 unspecified atom stereocenters. The van der Waals surface area contributed by atoms with Gasteiger partial charge in [0.2, 0.25) is 11.3 Å². The minimum Gasteiger partial charge on any atom is -0.478 e. The lowest BCUT2D eigenvalue weighted by Gasteiger charge is -2.19. The molecule has 3 heterocycles. The van der Waals surface area contributed by atoms with Gasteiger partial charge in [-0.1, -0.05) is 13.3 Å². The molecule has 114 valence electrons. The number of aryl methyl sites for hydroxylation is 2. The van der Waals surface area contributed by atoms with Gasteiger partial charge in [-0.3, -0.25) is 0 Å². The van der Waals surface area contributed by atoms with Gasteiger partial charge in [0.05, 0.1) is 12.5 Å².